The van der Waals surface area contributed by atoms with Gasteiger partial charge in [-0.15, -0.1) is 0 Å². The van der Waals surface area contributed by atoms with Crippen molar-refractivity contribution >= 4 is 39.0 Å². The van der Waals surface area contributed by atoms with Gasteiger partial charge >= 0.3 is 5.97 Å². The van der Waals surface area contributed by atoms with Crippen LogP contribution in [0.2, 0.25) is 0 Å². The predicted molar refractivity (Wildman–Crippen MR) is 75.2 cm³/mol. The minimum Gasteiger partial charge on any atom is -0.478 e. The van der Waals surface area contributed by atoms with Crippen LogP contribution < -0.4 is 11.1 Å². The van der Waals surface area contributed by atoms with Crippen molar-refractivity contribution in [2.45, 2.75) is 0 Å². The lowest BCUT2D eigenvalue weighted by molar-refractivity contribution is 0.0698. The van der Waals surface area contributed by atoms with E-state index in [0.717, 1.165) is 15.8 Å². The first-order valence-electron chi connectivity index (χ1n) is 5.22. The molecule has 0 spiro atoms. The van der Waals surface area contributed by atoms with Gasteiger partial charge in [-0.05, 0) is 46.3 Å². The fourth-order valence-corrected chi connectivity index (χ4v) is 1.94. The first-order chi connectivity index (χ1) is 8.58. The summed E-state index contributed by atoms with van der Waals surface area (Å²) in [5.41, 5.74) is 7.65. The zero-order chi connectivity index (χ0) is 13.1. The number of nitrogens with two attached hydrogens (primary N) is 1. The van der Waals surface area contributed by atoms with Crippen LogP contribution in [0.1, 0.15) is 10.4 Å². The molecule has 0 bridgehead atoms. The molecule has 0 aliphatic rings. The standard InChI is InChI=1S/C13H11BrN2O2/c14-10-3-1-2-4-12(10)16-8-5-6-9(13(17)18)11(15)7-8/h1-7,16H,15H2,(H,17,18). The molecule has 0 aliphatic carbocycles. The van der Waals surface area contributed by atoms with Crippen molar-refractivity contribution in [1.82, 2.24) is 0 Å². The smallest absolute Gasteiger partial charge is 0.337 e. The van der Waals surface area contributed by atoms with Crippen molar-refractivity contribution in [1.29, 1.82) is 0 Å². The molecule has 0 fully saturated rings. The third-order valence-electron chi connectivity index (χ3n) is 2.43. The van der Waals surface area contributed by atoms with Crippen LogP contribution in [0, 0.1) is 0 Å². The molecular weight excluding hydrogens is 296 g/mol. The van der Waals surface area contributed by atoms with Crippen molar-refractivity contribution in [3.8, 4) is 0 Å². The summed E-state index contributed by atoms with van der Waals surface area (Å²) in [5.74, 6) is -1.03. The van der Waals surface area contributed by atoms with Gasteiger partial charge in [0.05, 0.1) is 11.3 Å². The molecule has 2 rings (SSSR count). The lowest BCUT2D eigenvalue weighted by atomic mass is 10.1. The van der Waals surface area contributed by atoms with Crippen molar-refractivity contribution < 1.29 is 9.90 Å². The van der Waals surface area contributed by atoms with E-state index in [0.29, 0.717) is 0 Å². The summed E-state index contributed by atoms with van der Waals surface area (Å²) in [5, 5.41) is 12.0. The van der Waals surface area contributed by atoms with Crippen LogP contribution in [0.4, 0.5) is 17.1 Å². The van der Waals surface area contributed by atoms with Crippen molar-refractivity contribution in [2.24, 2.45) is 0 Å². The summed E-state index contributed by atoms with van der Waals surface area (Å²) in [7, 11) is 0. The number of nitrogens with one attached hydrogen (secondary N) is 1. The second kappa shape index (κ2) is 5.10. The lowest BCUT2D eigenvalue weighted by Crippen LogP contribution is -2.03. The fourth-order valence-electron chi connectivity index (χ4n) is 1.55. The molecule has 0 aliphatic heterocycles. The van der Waals surface area contributed by atoms with Crippen molar-refractivity contribution in [3.05, 3.63) is 52.5 Å². The molecule has 0 radical (unpaired) electrons. The summed E-state index contributed by atoms with van der Waals surface area (Å²) in [6.45, 7) is 0. The Morgan fingerprint density at radius 1 is 1.22 bits per heavy atom. The van der Waals surface area contributed by atoms with Gasteiger partial charge in [0.1, 0.15) is 0 Å². The molecule has 0 saturated heterocycles. The van der Waals surface area contributed by atoms with Crippen LogP contribution in [0.15, 0.2) is 46.9 Å². The van der Waals surface area contributed by atoms with Gasteiger partial charge in [0.2, 0.25) is 0 Å². The van der Waals surface area contributed by atoms with E-state index >= 15 is 0 Å². The van der Waals surface area contributed by atoms with Gasteiger partial charge in [-0.25, -0.2) is 4.79 Å². The van der Waals surface area contributed by atoms with E-state index in [1.165, 1.54) is 6.07 Å². The van der Waals surface area contributed by atoms with E-state index in [1.54, 1.807) is 12.1 Å². The van der Waals surface area contributed by atoms with E-state index < -0.39 is 5.97 Å². The molecule has 0 atom stereocenters. The van der Waals surface area contributed by atoms with Crippen molar-refractivity contribution in [2.75, 3.05) is 11.1 Å². The topological polar surface area (TPSA) is 75.3 Å². The van der Waals surface area contributed by atoms with E-state index in [-0.39, 0.29) is 11.3 Å². The summed E-state index contributed by atoms with van der Waals surface area (Å²) < 4.78 is 0.922. The molecule has 2 aromatic rings. The Morgan fingerprint density at radius 3 is 2.56 bits per heavy atom. The number of carboxylic acids is 1. The van der Waals surface area contributed by atoms with Crippen LogP contribution in [0.25, 0.3) is 0 Å². The second-order valence-electron chi connectivity index (χ2n) is 3.71. The largest absolute Gasteiger partial charge is 0.478 e. The number of halogens is 1. The fraction of sp³-hybridized carbons (Fsp3) is 0. The molecule has 18 heavy (non-hydrogen) atoms. The monoisotopic (exact) mass is 306 g/mol. The Balaban J connectivity index is 2.29. The molecule has 4 nitrogen and oxygen atoms in total. The SMILES string of the molecule is Nc1cc(Nc2ccccc2Br)ccc1C(=O)O. The molecule has 0 unspecified atom stereocenters. The predicted octanol–water partition coefficient (Wildman–Crippen LogP) is 3.47. The molecule has 0 saturated carbocycles. The Morgan fingerprint density at radius 2 is 1.94 bits per heavy atom. The van der Waals surface area contributed by atoms with Gasteiger partial charge < -0.3 is 16.2 Å². The number of nitrogen functional groups attached to an aromatic ring is 1. The molecule has 92 valence electrons. The van der Waals surface area contributed by atoms with Gasteiger partial charge in [0.15, 0.2) is 0 Å². The third kappa shape index (κ3) is 2.62. The number of carbonyl (C=O) groups is 1. The number of carboxylic acid groups (broad SMARTS) is 1. The average Bonchev–Trinajstić information content (AvgIpc) is 2.32. The van der Waals surface area contributed by atoms with E-state index in [1.807, 2.05) is 24.3 Å². The second-order valence-corrected chi connectivity index (χ2v) is 4.57. The maximum Gasteiger partial charge on any atom is 0.337 e. The summed E-state index contributed by atoms with van der Waals surface area (Å²) in [6, 6.07) is 12.4. The highest BCUT2D eigenvalue weighted by Gasteiger charge is 2.08. The van der Waals surface area contributed by atoms with Crippen LogP contribution in [-0.4, -0.2) is 11.1 Å². The molecule has 0 heterocycles. The Kier molecular flexibility index (Phi) is 3.53. The zero-order valence-electron chi connectivity index (χ0n) is 9.35. The van der Waals surface area contributed by atoms with Gasteiger partial charge in [0, 0.05) is 15.8 Å². The van der Waals surface area contributed by atoms with Gasteiger partial charge in [0.25, 0.3) is 0 Å². The van der Waals surface area contributed by atoms with Crippen LogP contribution in [-0.2, 0) is 0 Å². The minimum atomic E-state index is -1.03. The number of anilines is 3. The van der Waals surface area contributed by atoms with Gasteiger partial charge in [-0.1, -0.05) is 12.1 Å². The summed E-state index contributed by atoms with van der Waals surface area (Å²) in [6.07, 6.45) is 0. The molecule has 4 N–H and O–H groups in total. The number of hydrogen-bond donors (Lipinski definition) is 3. The Labute approximate surface area is 113 Å². The number of aromatic carboxylic acids is 1. The van der Waals surface area contributed by atoms with E-state index in [2.05, 4.69) is 21.2 Å². The van der Waals surface area contributed by atoms with E-state index in [9.17, 15) is 4.79 Å². The molecular formula is C13H11BrN2O2. The third-order valence-corrected chi connectivity index (χ3v) is 3.13. The average molecular weight is 307 g/mol. The van der Waals surface area contributed by atoms with Crippen LogP contribution in [0.5, 0.6) is 0 Å². The minimum absolute atomic E-state index is 0.104. The number of benzene rings is 2. The van der Waals surface area contributed by atoms with Crippen LogP contribution in [0.3, 0.4) is 0 Å². The number of para-hydroxylation sites is 1. The van der Waals surface area contributed by atoms with Gasteiger partial charge in [-0.3, -0.25) is 0 Å². The number of hydrogen-bond acceptors (Lipinski definition) is 3. The molecule has 0 amide bonds. The Hall–Kier alpha value is -2.01. The maximum atomic E-state index is 10.8. The Bertz CT molecular complexity index is 599. The highest BCUT2D eigenvalue weighted by Crippen LogP contribution is 2.27. The summed E-state index contributed by atoms with van der Waals surface area (Å²) in [4.78, 5) is 10.8. The first-order valence-corrected chi connectivity index (χ1v) is 6.01. The van der Waals surface area contributed by atoms with Gasteiger partial charge in [-0.2, -0.15) is 0 Å². The van der Waals surface area contributed by atoms with Crippen LogP contribution >= 0.6 is 15.9 Å². The molecule has 2 aromatic carbocycles. The zero-order valence-corrected chi connectivity index (χ0v) is 10.9. The van der Waals surface area contributed by atoms with E-state index in [4.69, 9.17) is 10.8 Å². The first kappa shape index (κ1) is 12.4. The summed E-state index contributed by atoms with van der Waals surface area (Å²) >= 11 is 3.42. The number of rotatable bonds is 3. The highest BCUT2D eigenvalue weighted by molar-refractivity contribution is 9.10. The molecule has 5 heteroatoms. The maximum absolute atomic E-state index is 10.8. The normalized spacial score (nSPS) is 10.1. The quantitative estimate of drug-likeness (QED) is 0.759. The highest BCUT2D eigenvalue weighted by atomic mass is 79.9. The van der Waals surface area contributed by atoms with Crippen molar-refractivity contribution in [3.63, 3.8) is 0 Å². The molecule has 0 aromatic heterocycles. The lowest BCUT2D eigenvalue weighted by Gasteiger charge is -2.10.